The average Bonchev–Trinajstić information content (AvgIpc) is 3.44. The van der Waals surface area contributed by atoms with Gasteiger partial charge in [0.1, 0.15) is 11.4 Å². The van der Waals surface area contributed by atoms with Crippen molar-refractivity contribution < 1.29 is 9.53 Å². The molecule has 7 nitrogen and oxygen atoms in total. The van der Waals surface area contributed by atoms with E-state index in [0.717, 1.165) is 62.2 Å². The van der Waals surface area contributed by atoms with Crippen LogP contribution in [0.2, 0.25) is 0 Å². The van der Waals surface area contributed by atoms with Crippen molar-refractivity contribution in [2.75, 3.05) is 31.1 Å². The van der Waals surface area contributed by atoms with Crippen LogP contribution in [0, 0.1) is 24.7 Å². The van der Waals surface area contributed by atoms with Crippen LogP contribution in [-0.2, 0) is 17.6 Å². The van der Waals surface area contributed by atoms with Crippen LogP contribution in [0.5, 0.6) is 0 Å². The molecule has 2 fully saturated rings. The Balaban J connectivity index is 1.37. The molecule has 2 saturated heterocycles. The fraction of sp³-hybridized carbons (Fsp3) is 0.581. The number of aromatic nitrogens is 3. The first kappa shape index (κ1) is 25.2. The van der Waals surface area contributed by atoms with Crippen LogP contribution < -0.4 is 4.90 Å². The van der Waals surface area contributed by atoms with Crippen LogP contribution >= 0.6 is 0 Å². The molecule has 0 saturated carbocycles. The number of nitrogens with one attached hydrogen (secondary N) is 1. The van der Waals surface area contributed by atoms with Gasteiger partial charge in [0.15, 0.2) is 0 Å². The Hall–Kier alpha value is -3.09. The van der Waals surface area contributed by atoms with Crippen molar-refractivity contribution in [3.63, 3.8) is 0 Å². The van der Waals surface area contributed by atoms with Crippen LogP contribution in [0.15, 0.2) is 18.3 Å². The molecule has 3 aromatic rings. The van der Waals surface area contributed by atoms with Gasteiger partial charge in [0, 0.05) is 48.2 Å². The lowest BCUT2D eigenvalue weighted by Crippen LogP contribution is -2.60. The fourth-order valence-corrected chi connectivity index (χ4v) is 6.86. The van der Waals surface area contributed by atoms with Crippen molar-refractivity contribution in [3.05, 3.63) is 40.7 Å². The molecule has 0 radical (unpaired) electrons. The average molecular weight is 516 g/mol. The zero-order valence-corrected chi connectivity index (χ0v) is 24.0. The zero-order valence-electron chi connectivity index (χ0n) is 24.0. The summed E-state index contributed by atoms with van der Waals surface area (Å²) in [6.45, 7) is 18.4. The summed E-state index contributed by atoms with van der Waals surface area (Å²) in [5.41, 5.74) is 8.80. The van der Waals surface area contributed by atoms with Gasteiger partial charge in [-0.3, -0.25) is 5.10 Å². The lowest BCUT2D eigenvalue weighted by molar-refractivity contribution is -0.0266. The molecule has 0 atom stereocenters. The number of aromatic amines is 1. The smallest absolute Gasteiger partial charge is 0.410 e. The maximum Gasteiger partial charge on any atom is 0.410 e. The highest BCUT2D eigenvalue weighted by Crippen LogP contribution is 2.47. The second-order valence-electron chi connectivity index (χ2n) is 13.8. The largest absolute Gasteiger partial charge is 0.444 e. The maximum absolute atomic E-state index is 12.6. The van der Waals surface area contributed by atoms with Crippen molar-refractivity contribution in [2.45, 2.75) is 79.8 Å². The molecular formula is C31H41N5O2. The van der Waals surface area contributed by atoms with Crippen molar-refractivity contribution in [1.29, 1.82) is 0 Å². The molecule has 1 aliphatic carbocycles. The van der Waals surface area contributed by atoms with E-state index in [0.29, 0.717) is 0 Å². The minimum Gasteiger partial charge on any atom is -0.444 e. The number of hydrogen-bond donors (Lipinski definition) is 1. The Kier molecular flexibility index (Phi) is 5.61. The quantitative estimate of drug-likeness (QED) is 0.440. The molecular weight excluding hydrogens is 474 g/mol. The van der Waals surface area contributed by atoms with Gasteiger partial charge in [0.05, 0.1) is 11.7 Å². The third kappa shape index (κ3) is 4.24. The number of anilines is 1. The summed E-state index contributed by atoms with van der Waals surface area (Å²) in [7, 11) is 0. The molecule has 3 aliphatic rings. The SMILES string of the molecule is Cc1ccc2cn[nH]c2c1-c1c(C)c(N2CCC3(CN(C(=O)OC(C)(C)C)C3)C2)nc2c1CCC(C)(C)C2. The molecule has 38 heavy (non-hydrogen) atoms. The number of carbonyl (C=O) groups is 1. The van der Waals surface area contributed by atoms with Gasteiger partial charge in [-0.05, 0) is 88.0 Å². The number of fused-ring (bicyclic) bond motifs is 2. The van der Waals surface area contributed by atoms with E-state index in [4.69, 9.17) is 9.72 Å². The standard InChI is InChI=1S/C31H41N5O2/c1-19-8-9-21-15-32-34-26(21)24(19)25-20(2)27(33-23-14-30(6,7)11-10-22(23)25)35-13-12-31(16-35)17-36(18-31)28(37)38-29(3,4)5/h8-9,15H,10-14,16-18H2,1-7H3,(H,32,34). The topological polar surface area (TPSA) is 74.4 Å². The van der Waals surface area contributed by atoms with Crippen LogP contribution in [-0.4, -0.2) is 58.0 Å². The minimum absolute atomic E-state index is 0.125. The Morgan fingerprint density at radius 1 is 1.08 bits per heavy atom. The zero-order chi connectivity index (χ0) is 27.0. The van der Waals surface area contributed by atoms with E-state index in [2.05, 4.69) is 54.9 Å². The highest BCUT2D eigenvalue weighted by atomic mass is 16.6. The number of benzene rings is 1. The summed E-state index contributed by atoms with van der Waals surface area (Å²) in [5.74, 6) is 1.11. The fourth-order valence-electron chi connectivity index (χ4n) is 6.86. The Bertz CT molecular complexity index is 1420. The number of likely N-dealkylation sites (tertiary alicyclic amines) is 1. The van der Waals surface area contributed by atoms with Gasteiger partial charge in [0.2, 0.25) is 0 Å². The molecule has 6 rings (SSSR count). The normalized spacial score (nSPS) is 20.1. The first-order chi connectivity index (χ1) is 17.8. The van der Waals surface area contributed by atoms with Gasteiger partial charge in [0.25, 0.3) is 0 Å². The molecule has 4 heterocycles. The number of pyridine rings is 1. The van der Waals surface area contributed by atoms with Crippen LogP contribution in [0.1, 0.15) is 69.8 Å². The van der Waals surface area contributed by atoms with Crippen molar-refractivity contribution in [2.24, 2.45) is 10.8 Å². The summed E-state index contributed by atoms with van der Waals surface area (Å²) in [6.07, 6.45) is 6.00. The summed E-state index contributed by atoms with van der Waals surface area (Å²) in [6, 6.07) is 4.37. The van der Waals surface area contributed by atoms with Crippen LogP contribution in [0.4, 0.5) is 10.6 Å². The van der Waals surface area contributed by atoms with Crippen molar-refractivity contribution in [3.8, 4) is 11.1 Å². The molecule has 202 valence electrons. The third-order valence-electron chi connectivity index (χ3n) is 8.82. The van der Waals surface area contributed by atoms with E-state index in [1.165, 1.54) is 39.9 Å². The van der Waals surface area contributed by atoms with Gasteiger partial charge >= 0.3 is 6.09 Å². The highest BCUT2D eigenvalue weighted by Gasteiger charge is 2.51. The highest BCUT2D eigenvalue weighted by molar-refractivity contribution is 5.98. The molecule has 7 heteroatoms. The minimum atomic E-state index is -0.467. The summed E-state index contributed by atoms with van der Waals surface area (Å²) < 4.78 is 5.61. The number of ether oxygens (including phenoxy) is 1. The van der Waals surface area contributed by atoms with E-state index in [9.17, 15) is 4.79 Å². The van der Waals surface area contributed by atoms with E-state index >= 15 is 0 Å². The second kappa shape index (κ2) is 8.45. The number of nitrogens with zero attached hydrogens (tertiary/aromatic N) is 4. The first-order valence-corrected chi connectivity index (χ1v) is 14.0. The Morgan fingerprint density at radius 3 is 2.58 bits per heavy atom. The van der Waals surface area contributed by atoms with Gasteiger partial charge in [-0.1, -0.05) is 26.0 Å². The van der Waals surface area contributed by atoms with E-state index in [1.54, 1.807) is 0 Å². The van der Waals surface area contributed by atoms with Gasteiger partial charge < -0.3 is 14.5 Å². The predicted molar refractivity (Wildman–Crippen MR) is 152 cm³/mol. The number of rotatable bonds is 2. The molecule has 2 aliphatic heterocycles. The molecule has 2 aromatic heterocycles. The van der Waals surface area contributed by atoms with E-state index < -0.39 is 5.60 Å². The Labute approximate surface area is 225 Å². The molecule has 1 aromatic carbocycles. The summed E-state index contributed by atoms with van der Waals surface area (Å²) in [5, 5.41) is 8.82. The van der Waals surface area contributed by atoms with Gasteiger partial charge in [-0.25, -0.2) is 9.78 Å². The molecule has 1 amide bonds. The summed E-state index contributed by atoms with van der Waals surface area (Å²) >= 11 is 0. The molecule has 0 bridgehead atoms. The lowest BCUT2D eigenvalue weighted by atomic mass is 9.73. The number of aryl methyl sites for hydroxylation is 1. The molecule has 1 N–H and O–H groups in total. The monoisotopic (exact) mass is 515 g/mol. The van der Waals surface area contributed by atoms with E-state index in [1.807, 2.05) is 31.9 Å². The second-order valence-corrected chi connectivity index (χ2v) is 13.8. The van der Waals surface area contributed by atoms with Crippen molar-refractivity contribution in [1.82, 2.24) is 20.1 Å². The van der Waals surface area contributed by atoms with Crippen LogP contribution in [0.25, 0.3) is 22.0 Å². The maximum atomic E-state index is 12.6. The van der Waals surface area contributed by atoms with Gasteiger partial charge in [-0.2, -0.15) is 5.10 Å². The lowest BCUT2D eigenvalue weighted by Gasteiger charge is -2.47. The number of hydrogen-bond acceptors (Lipinski definition) is 5. The number of H-pyrrole nitrogens is 1. The van der Waals surface area contributed by atoms with Crippen LogP contribution in [0.3, 0.4) is 0 Å². The Morgan fingerprint density at radius 2 is 1.84 bits per heavy atom. The first-order valence-electron chi connectivity index (χ1n) is 14.0. The van der Waals surface area contributed by atoms with Crippen molar-refractivity contribution >= 4 is 22.8 Å². The van der Waals surface area contributed by atoms with E-state index in [-0.39, 0.29) is 16.9 Å². The third-order valence-corrected chi connectivity index (χ3v) is 8.82. The van der Waals surface area contributed by atoms with Gasteiger partial charge in [-0.15, -0.1) is 0 Å². The number of carbonyl (C=O) groups excluding carboxylic acids is 1. The molecule has 1 spiro atoms. The molecule has 0 unspecified atom stereocenters. The predicted octanol–water partition coefficient (Wildman–Crippen LogP) is 6.20. The number of amides is 1. The summed E-state index contributed by atoms with van der Waals surface area (Å²) in [4.78, 5) is 22.3.